The minimum Gasteiger partial charge on any atom is -0.391 e. The summed E-state index contributed by atoms with van der Waals surface area (Å²) >= 11 is 0. The lowest BCUT2D eigenvalue weighted by Crippen LogP contribution is -2.40. The highest BCUT2D eigenvalue weighted by atomic mass is 19.3. The number of urea groups is 1. The number of carbonyl (C=O) groups excluding carboxylic acids is 1. The molecule has 20 heavy (non-hydrogen) atoms. The zero-order chi connectivity index (χ0) is 14.5. The average molecular weight is 286 g/mol. The van der Waals surface area contributed by atoms with E-state index in [0.717, 1.165) is 0 Å². The molecule has 2 amide bonds. The van der Waals surface area contributed by atoms with Crippen molar-refractivity contribution in [1.82, 2.24) is 14.7 Å². The summed E-state index contributed by atoms with van der Waals surface area (Å²) in [5.41, 5.74) is 6.01. The predicted molar refractivity (Wildman–Crippen MR) is 65.1 cm³/mol. The second-order valence-electron chi connectivity index (χ2n) is 5.36. The van der Waals surface area contributed by atoms with Crippen LogP contribution < -0.4 is 5.73 Å². The van der Waals surface area contributed by atoms with Gasteiger partial charge in [-0.2, -0.15) is 13.9 Å². The Balaban J connectivity index is 2.06. The Bertz CT molecular complexity index is 558. The standard InChI is InChI=1S/C12H16F2N4O2/c13-12(14)3-1-7(19)5-18-10(12)8-6-17(11(15)20)4-2-9(8)16-18/h7,19H,1-6H2,(H2,15,20). The van der Waals surface area contributed by atoms with Crippen LogP contribution in [-0.2, 0) is 25.4 Å². The number of primary amides is 1. The van der Waals surface area contributed by atoms with Crippen molar-refractivity contribution in [3.63, 3.8) is 0 Å². The fourth-order valence-corrected chi connectivity index (χ4v) is 2.91. The van der Waals surface area contributed by atoms with Gasteiger partial charge in [0.15, 0.2) is 0 Å². The van der Waals surface area contributed by atoms with E-state index in [9.17, 15) is 18.7 Å². The lowest BCUT2D eigenvalue weighted by molar-refractivity contribution is -0.0248. The minimum absolute atomic E-state index is 0.0324. The Labute approximate surface area is 114 Å². The summed E-state index contributed by atoms with van der Waals surface area (Å²) in [5.74, 6) is -3.04. The number of hydrogen-bond acceptors (Lipinski definition) is 3. The molecule has 1 unspecified atom stereocenters. The topological polar surface area (TPSA) is 84.4 Å². The van der Waals surface area contributed by atoms with Gasteiger partial charge in [0, 0.05) is 24.9 Å². The fourth-order valence-electron chi connectivity index (χ4n) is 2.91. The van der Waals surface area contributed by atoms with Gasteiger partial charge in [-0.05, 0) is 6.42 Å². The third kappa shape index (κ3) is 2.04. The van der Waals surface area contributed by atoms with E-state index in [0.29, 0.717) is 24.2 Å². The molecule has 0 saturated carbocycles. The van der Waals surface area contributed by atoms with Gasteiger partial charge in [0.2, 0.25) is 0 Å². The normalized spacial score (nSPS) is 24.8. The molecule has 3 heterocycles. The molecule has 0 bridgehead atoms. The maximum Gasteiger partial charge on any atom is 0.315 e. The van der Waals surface area contributed by atoms with E-state index in [4.69, 9.17) is 5.73 Å². The van der Waals surface area contributed by atoms with Crippen molar-refractivity contribution >= 4 is 6.03 Å². The van der Waals surface area contributed by atoms with Crippen LogP contribution in [0.3, 0.4) is 0 Å². The van der Waals surface area contributed by atoms with Crippen LogP contribution in [0.25, 0.3) is 0 Å². The van der Waals surface area contributed by atoms with Gasteiger partial charge in [-0.3, -0.25) is 4.68 Å². The highest BCUT2D eigenvalue weighted by Gasteiger charge is 2.43. The Morgan fingerprint density at radius 3 is 2.95 bits per heavy atom. The molecule has 8 heteroatoms. The van der Waals surface area contributed by atoms with Crippen molar-refractivity contribution in [3.8, 4) is 0 Å². The van der Waals surface area contributed by atoms with Gasteiger partial charge in [-0.15, -0.1) is 0 Å². The van der Waals surface area contributed by atoms with Crippen LogP contribution >= 0.6 is 0 Å². The zero-order valence-corrected chi connectivity index (χ0v) is 10.9. The summed E-state index contributed by atoms with van der Waals surface area (Å²) in [6.07, 6.45) is -0.798. The number of aliphatic hydroxyl groups is 1. The molecule has 3 rings (SSSR count). The predicted octanol–water partition coefficient (Wildman–Crippen LogP) is 0.566. The van der Waals surface area contributed by atoms with E-state index in [2.05, 4.69) is 5.10 Å². The lowest BCUT2D eigenvalue weighted by atomic mass is 10.00. The van der Waals surface area contributed by atoms with Crippen LogP contribution in [0.1, 0.15) is 29.8 Å². The van der Waals surface area contributed by atoms with Crippen molar-refractivity contribution < 1.29 is 18.7 Å². The van der Waals surface area contributed by atoms with Crippen molar-refractivity contribution in [1.29, 1.82) is 0 Å². The number of carbonyl (C=O) groups is 1. The number of nitrogens with two attached hydrogens (primary N) is 1. The molecule has 6 nitrogen and oxygen atoms in total. The third-order valence-electron chi connectivity index (χ3n) is 3.93. The van der Waals surface area contributed by atoms with Crippen LogP contribution in [0.5, 0.6) is 0 Å². The summed E-state index contributed by atoms with van der Waals surface area (Å²) in [4.78, 5) is 12.6. The number of nitrogens with zero attached hydrogens (tertiary/aromatic N) is 3. The summed E-state index contributed by atoms with van der Waals surface area (Å²) in [6.45, 7) is 0.507. The molecule has 1 aromatic rings. The van der Waals surface area contributed by atoms with Crippen LogP contribution in [0.15, 0.2) is 0 Å². The monoisotopic (exact) mass is 286 g/mol. The Hall–Kier alpha value is -1.70. The van der Waals surface area contributed by atoms with Gasteiger partial charge < -0.3 is 15.7 Å². The van der Waals surface area contributed by atoms with Crippen molar-refractivity contribution in [2.45, 2.75) is 44.4 Å². The number of alkyl halides is 2. The number of amides is 2. The summed E-state index contributed by atoms with van der Waals surface area (Å²) in [7, 11) is 0. The molecule has 2 aliphatic heterocycles. The van der Waals surface area contributed by atoms with E-state index < -0.39 is 24.5 Å². The minimum atomic E-state index is -3.04. The molecule has 110 valence electrons. The highest BCUT2D eigenvalue weighted by molar-refractivity contribution is 5.72. The molecular weight excluding hydrogens is 270 g/mol. The summed E-state index contributed by atoms with van der Waals surface area (Å²) in [5, 5.41) is 13.9. The van der Waals surface area contributed by atoms with E-state index >= 15 is 0 Å². The largest absolute Gasteiger partial charge is 0.391 e. The van der Waals surface area contributed by atoms with E-state index in [1.54, 1.807) is 0 Å². The smallest absolute Gasteiger partial charge is 0.315 e. The molecule has 0 fully saturated rings. The SMILES string of the molecule is NC(=O)N1CCc2nn3c(c2C1)C(F)(F)CCC(O)C3. The first-order valence-electron chi connectivity index (χ1n) is 6.58. The van der Waals surface area contributed by atoms with Gasteiger partial charge >= 0.3 is 6.03 Å². The first-order valence-corrected chi connectivity index (χ1v) is 6.58. The number of aliphatic hydroxyl groups excluding tert-OH is 1. The molecule has 0 spiro atoms. The molecule has 2 aliphatic rings. The maximum atomic E-state index is 14.3. The van der Waals surface area contributed by atoms with Crippen LogP contribution in [-0.4, -0.2) is 38.5 Å². The fraction of sp³-hybridized carbons (Fsp3) is 0.667. The number of aromatic nitrogens is 2. The number of fused-ring (bicyclic) bond motifs is 3. The van der Waals surface area contributed by atoms with Gasteiger partial charge in [0.25, 0.3) is 5.92 Å². The summed E-state index contributed by atoms with van der Waals surface area (Å²) < 4.78 is 29.7. The van der Waals surface area contributed by atoms with Crippen LogP contribution in [0, 0.1) is 0 Å². The molecule has 0 saturated heterocycles. The molecular formula is C12H16F2N4O2. The first kappa shape index (κ1) is 13.3. The van der Waals surface area contributed by atoms with Gasteiger partial charge in [0.05, 0.1) is 24.9 Å². The molecule has 0 aliphatic carbocycles. The molecule has 1 aromatic heterocycles. The second-order valence-corrected chi connectivity index (χ2v) is 5.36. The maximum absolute atomic E-state index is 14.3. The van der Waals surface area contributed by atoms with Crippen molar-refractivity contribution in [2.24, 2.45) is 5.73 Å². The van der Waals surface area contributed by atoms with Crippen LogP contribution in [0.2, 0.25) is 0 Å². The summed E-state index contributed by atoms with van der Waals surface area (Å²) in [6, 6.07) is -0.618. The highest BCUT2D eigenvalue weighted by Crippen LogP contribution is 2.40. The first-order chi connectivity index (χ1) is 9.38. The van der Waals surface area contributed by atoms with Gasteiger partial charge in [-0.25, -0.2) is 4.79 Å². The van der Waals surface area contributed by atoms with Crippen molar-refractivity contribution in [3.05, 3.63) is 17.0 Å². The zero-order valence-electron chi connectivity index (χ0n) is 10.9. The molecule has 0 radical (unpaired) electrons. The van der Waals surface area contributed by atoms with Gasteiger partial charge in [0.1, 0.15) is 5.69 Å². The number of halogens is 2. The molecule has 1 atom stereocenters. The second kappa shape index (κ2) is 4.41. The molecule has 3 N–H and O–H groups in total. The quantitative estimate of drug-likeness (QED) is 0.731. The average Bonchev–Trinajstić information content (AvgIpc) is 2.68. The lowest BCUT2D eigenvalue weighted by Gasteiger charge is -2.26. The van der Waals surface area contributed by atoms with E-state index in [1.807, 2.05) is 0 Å². The Morgan fingerprint density at radius 1 is 1.50 bits per heavy atom. The number of rotatable bonds is 0. The third-order valence-corrected chi connectivity index (χ3v) is 3.93. The Morgan fingerprint density at radius 2 is 2.25 bits per heavy atom. The molecule has 0 aromatic carbocycles. The van der Waals surface area contributed by atoms with Gasteiger partial charge in [-0.1, -0.05) is 0 Å². The van der Waals surface area contributed by atoms with Crippen LogP contribution in [0.4, 0.5) is 13.6 Å². The van der Waals surface area contributed by atoms with E-state index in [1.165, 1.54) is 9.58 Å². The number of hydrogen-bond donors (Lipinski definition) is 2. The van der Waals surface area contributed by atoms with E-state index in [-0.39, 0.29) is 25.2 Å². The van der Waals surface area contributed by atoms with Crippen molar-refractivity contribution in [2.75, 3.05) is 6.54 Å². The Kier molecular flexibility index (Phi) is 2.93.